The van der Waals surface area contributed by atoms with E-state index in [0.29, 0.717) is 12.3 Å². The third-order valence-corrected chi connectivity index (χ3v) is 4.88. The van der Waals surface area contributed by atoms with Crippen LogP contribution in [-0.2, 0) is 11.3 Å². The Labute approximate surface area is 157 Å². The molecule has 1 unspecified atom stereocenters. The number of hydrogen-bond donors (Lipinski definition) is 0. The van der Waals surface area contributed by atoms with Crippen molar-refractivity contribution in [1.82, 2.24) is 4.90 Å². The lowest BCUT2D eigenvalue weighted by Gasteiger charge is -2.33. The predicted octanol–water partition coefficient (Wildman–Crippen LogP) is 5.02. The number of ether oxygens (including phenoxy) is 3. The number of carbonyl (C=O) groups excluding carboxylic acids is 1. The van der Waals surface area contributed by atoms with E-state index < -0.39 is 5.60 Å². The van der Waals surface area contributed by atoms with Gasteiger partial charge in [-0.3, -0.25) is 4.90 Å². The third kappa shape index (κ3) is 4.48. The molecule has 136 valence electrons. The van der Waals surface area contributed by atoms with Crippen molar-refractivity contribution in [3.8, 4) is 11.5 Å². The van der Waals surface area contributed by atoms with E-state index in [2.05, 4.69) is 28.1 Å². The van der Waals surface area contributed by atoms with Crippen LogP contribution >= 0.6 is 15.9 Å². The smallest absolute Gasteiger partial charge is 0.411 e. The Bertz CT molecular complexity index is 681. The number of fused-ring (bicyclic) bond motifs is 1. The topological polar surface area (TPSA) is 48.0 Å². The second-order valence-electron chi connectivity index (χ2n) is 7.33. The molecule has 1 aromatic rings. The lowest BCUT2D eigenvalue weighted by molar-refractivity contribution is 0.0168. The van der Waals surface area contributed by atoms with Gasteiger partial charge in [-0.2, -0.15) is 0 Å². The molecular formula is C19H24BrNO4. The van der Waals surface area contributed by atoms with E-state index >= 15 is 0 Å². The molecule has 5 nitrogen and oxygen atoms in total. The van der Waals surface area contributed by atoms with Crippen LogP contribution in [0.3, 0.4) is 0 Å². The lowest BCUT2D eigenvalue weighted by atomic mass is 10.0. The normalized spacial score (nSPS) is 19.0. The summed E-state index contributed by atoms with van der Waals surface area (Å²) in [7, 11) is 0. The van der Waals surface area contributed by atoms with E-state index in [1.165, 1.54) is 0 Å². The van der Waals surface area contributed by atoms with Crippen molar-refractivity contribution < 1.29 is 19.0 Å². The van der Waals surface area contributed by atoms with Crippen LogP contribution in [0.5, 0.6) is 11.5 Å². The summed E-state index contributed by atoms with van der Waals surface area (Å²) in [4.78, 5) is 14.6. The van der Waals surface area contributed by atoms with E-state index in [1.807, 2.05) is 32.9 Å². The molecule has 1 aliphatic heterocycles. The number of benzene rings is 1. The minimum atomic E-state index is -0.528. The Morgan fingerprint density at radius 2 is 2.04 bits per heavy atom. The largest absolute Gasteiger partial charge is 0.454 e. The summed E-state index contributed by atoms with van der Waals surface area (Å²) in [5.41, 5.74) is 0.439. The van der Waals surface area contributed by atoms with Crippen LogP contribution in [0.2, 0.25) is 0 Å². The zero-order chi connectivity index (χ0) is 18.0. The van der Waals surface area contributed by atoms with Gasteiger partial charge in [-0.1, -0.05) is 28.1 Å². The van der Waals surface area contributed by atoms with Crippen LogP contribution in [0.15, 0.2) is 28.8 Å². The molecule has 0 bridgehead atoms. The molecular weight excluding hydrogens is 386 g/mol. The molecule has 1 aliphatic carbocycles. The molecule has 6 heteroatoms. The Morgan fingerprint density at radius 3 is 2.68 bits per heavy atom. The molecule has 1 heterocycles. The Morgan fingerprint density at radius 1 is 1.32 bits per heavy atom. The second kappa shape index (κ2) is 7.28. The molecule has 0 fully saturated rings. The summed E-state index contributed by atoms with van der Waals surface area (Å²) in [5, 5.41) is 0. The molecule has 1 amide bonds. The minimum absolute atomic E-state index is 0.0425. The van der Waals surface area contributed by atoms with Gasteiger partial charge in [0.05, 0.1) is 12.6 Å². The first-order valence-electron chi connectivity index (χ1n) is 8.58. The van der Waals surface area contributed by atoms with Gasteiger partial charge in [0.15, 0.2) is 11.5 Å². The number of nitrogens with zero attached hydrogens (tertiary/aromatic N) is 1. The highest BCUT2D eigenvalue weighted by molar-refractivity contribution is 9.10. The third-order valence-electron chi connectivity index (χ3n) is 4.14. The summed E-state index contributed by atoms with van der Waals surface area (Å²) >= 11 is 3.58. The standard InChI is InChI=1S/C19H24BrNO4/c1-19(2,3)25-18(22)21(14-7-5-4-6-8-14)11-13-9-16-17(10-15(13)20)24-12-23-16/h5,7,9-10,14H,4,6,8,11-12H2,1-3H3. The fraction of sp³-hybridized carbons (Fsp3) is 0.526. The van der Waals surface area contributed by atoms with Gasteiger partial charge in [-0.15, -0.1) is 0 Å². The predicted molar refractivity (Wildman–Crippen MR) is 98.8 cm³/mol. The summed E-state index contributed by atoms with van der Waals surface area (Å²) in [5.74, 6) is 1.43. The van der Waals surface area contributed by atoms with Crippen LogP contribution in [0, 0.1) is 0 Å². The molecule has 0 N–H and O–H groups in total. The first-order chi connectivity index (χ1) is 11.8. The fourth-order valence-electron chi connectivity index (χ4n) is 2.96. The monoisotopic (exact) mass is 409 g/mol. The number of hydrogen-bond acceptors (Lipinski definition) is 4. The summed E-state index contributed by atoms with van der Waals surface area (Å²) in [6, 6.07) is 3.86. The van der Waals surface area contributed by atoms with Crippen LogP contribution in [0.1, 0.15) is 45.6 Å². The molecule has 0 spiro atoms. The van der Waals surface area contributed by atoms with Gasteiger partial charge in [0.2, 0.25) is 6.79 Å². The Balaban J connectivity index is 1.85. The lowest BCUT2D eigenvalue weighted by Crippen LogP contribution is -2.42. The molecule has 25 heavy (non-hydrogen) atoms. The average molecular weight is 410 g/mol. The molecule has 0 aromatic heterocycles. The molecule has 1 atom stereocenters. The van der Waals surface area contributed by atoms with E-state index in [4.69, 9.17) is 14.2 Å². The highest BCUT2D eigenvalue weighted by atomic mass is 79.9. The zero-order valence-electron chi connectivity index (χ0n) is 14.9. The maximum Gasteiger partial charge on any atom is 0.411 e. The van der Waals surface area contributed by atoms with Crippen molar-refractivity contribution in [2.45, 2.75) is 58.2 Å². The van der Waals surface area contributed by atoms with E-state index in [1.54, 1.807) is 4.90 Å². The minimum Gasteiger partial charge on any atom is -0.454 e. The number of halogens is 1. The number of rotatable bonds is 3. The average Bonchev–Trinajstić information content (AvgIpc) is 2.98. The number of carbonyl (C=O) groups is 1. The summed E-state index contributed by atoms with van der Waals surface area (Å²) < 4.78 is 17.4. The van der Waals surface area contributed by atoms with Gasteiger partial charge < -0.3 is 14.2 Å². The first-order valence-corrected chi connectivity index (χ1v) is 9.37. The van der Waals surface area contributed by atoms with Crippen molar-refractivity contribution >= 4 is 22.0 Å². The first kappa shape index (κ1) is 18.1. The van der Waals surface area contributed by atoms with Crippen molar-refractivity contribution in [3.05, 3.63) is 34.3 Å². The van der Waals surface area contributed by atoms with Gasteiger partial charge >= 0.3 is 6.09 Å². The molecule has 2 aliphatic rings. The van der Waals surface area contributed by atoms with Crippen molar-refractivity contribution in [2.24, 2.45) is 0 Å². The highest BCUT2D eigenvalue weighted by Gasteiger charge is 2.29. The van der Waals surface area contributed by atoms with Gasteiger partial charge in [0.1, 0.15) is 5.60 Å². The van der Waals surface area contributed by atoms with E-state index in [-0.39, 0.29) is 18.9 Å². The number of allylic oxidation sites excluding steroid dienone is 1. The SMILES string of the molecule is CC(C)(C)OC(=O)N(Cc1cc2c(cc1Br)OCO2)C1C=CCCC1. The zero-order valence-corrected chi connectivity index (χ0v) is 16.5. The fourth-order valence-corrected chi connectivity index (χ4v) is 3.40. The molecule has 0 saturated heterocycles. The van der Waals surface area contributed by atoms with Crippen molar-refractivity contribution in [3.63, 3.8) is 0 Å². The quantitative estimate of drug-likeness (QED) is 0.657. The highest BCUT2D eigenvalue weighted by Crippen LogP contribution is 2.38. The van der Waals surface area contributed by atoms with Crippen LogP contribution in [-0.4, -0.2) is 29.4 Å². The van der Waals surface area contributed by atoms with Crippen molar-refractivity contribution in [2.75, 3.05) is 6.79 Å². The molecule has 0 radical (unpaired) electrons. The molecule has 3 rings (SSSR count). The molecule has 0 saturated carbocycles. The molecule has 1 aromatic carbocycles. The van der Waals surface area contributed by atoms with Crippen LogP contribution in [0.25, 0.3) is 0 Å². The Kier molecular flexibility index (Phi) is 5.27. The van der Waals surface area contributed by atoms with E-state index in [9.17, 15) is 4.79 Å². The van der Waals surface area contributed by atoms with Crippen molar-refractivity contribution in [1.29, 1.82) is 0 Å². The van der Waals surface area contributed by atoms with Crippen LogP contribution in [0.4, 0.5) is 4.79 Å². The van der Waals surface area contributed by atoms with Crippen LogP contribution < -0.4 is 9.47 Å². The maximum atomic E-state index is 12.8. The van der Waals surface area contributed by atoms with Gasteiger partial charge in [-0.25, -0.2) is 4.79 Å². The number of amides is 1. The van der Waals surface area contributed by atoms with E-state index in [0.717, 1.165) is 35.0 Å². The van der Waals surface area contributed by atoms with Gasteiger partial charge in [0, 0.05) is 4.47 Å². The van der Waals surface area contributed by atoms with Gasteiger partial charge in [0.25, 0.3) is 0 Å². The summed E-state index contributed by atoms with van der Waals surface area (Å²) in [6.45, 7) is 6.33. The Hall–Kier alpha value is -1.69. The summed E-state index contributed by atoms with van der Waals surface area (Å²) in [6.07, 6.45) is 7.02. The second-order valence-corrected chi connectivity index (χ2v) is 8.19. The maximum absolute atomic E-state index is 12.8. The van der Waals surface area contributed by atoms with Gasteiger partial charge in [-0.05, 0) is 57.7 Å².